The van der Waals surface area contributed by atoms with Crippen LogP contribution in [-0.2, 0) is 14.3 Å². The fourth-order valence-electron chi connectivity index (χ4n) is 2.71. The summed E-state index contributed by atoms with van der Waals surface area (Å²) in [6, 6.07) is 4.67. The van der Waals surface area contributed by atoms with Gasteiger partial charge in [-0.1, -0.05) is 0 Å². The topological polar surface area (TPSA) is 100 Å². The number of ether oxygens (including phenoxy) is 4. The second-order valence-electron chi connectivity index (χ2n) is 6.19. The van der Waals surface area contributed by atoms with E-state index in [-0.39, 0.29) is 12.2 Å². The standard InChI is InChI=1S/C20H21NO7S/c1-4-25-20(24)17-11(2)12(3)29-18(17)21-16(22)10-28-19(23)13-5-6-14-15(9-13)27-8-7-26-14/h5-6,9H,4,7-8,10H2,1-3H3,(H,21,22). The zero-order chi connectivity index (χ0) is 21.0. The van der Waals surface area contributed by atoms with E-state index in [1.54, 1.807) is 26.0 Å². The molecule has 0 radical (unpaired) electrons. The molecule has 29 heavy (non-hydrogen) atoms. The van der Waals surface area contributed by atoms with Crippen molar-refractivity contribution >= 4 is 34.2 Å². The number of fused-ring (bicyclic) bond motifs is 1. The smallest absolute Gasteiger partial charge is 0.341 e. The molecular formula is C20H21NO7S. The molecule has 1 aliphatic rings. The number of hydrogen-bond donors (Lipinski definition) is 1. The monoisotopic (exact) mass is 419 g/mol. The Morgan fingerprint density at radius 1 is 1.07 bits per heavy atom. The molecule has 3 rings (SSSR count). The van der Waals surface area contributed by atoms with Crippen LogP contribution >= 0.6 is 11.3 Å². The summed E-state index contributed by atoms with van der Waals surface area (Å²) < 4.78 is 21.0. The predicted octanol–water partition coefficient (Wildman–Crippen LogP) is 3.11. The van der Waals surface area contributed by atoms with Crippen LogP contribution in [0.5, 0.6) is 11.5 Å². The van der Waals surface area contributed by atoms with Crippen molar-refractivity contribution in [2.24, 2.45) is 0 Å². The average molecular weight is 419 g/mol. The fourth-order valence-corrected chi connectivity index (χ4v) is 3.78. The molecule has 0 bridgehead atoms. The molecule has 0 unspecified atom stereocenters. The van der Waals surface area contributed by atoms with E-state index < -0.39 is 24.5 Å². The van der Waals surface area contributed by atoms with Crippen LogP contribution in [0.25, 0.3) is 0 Å². The number of carbonyl (C=O) groups excluding carboxylic acids is 3. The van der Waals surface area contributed by atoms with Crippen molar-refractivity contribution in [3.8, 4) is 11.5 Å². The van der Waals surface area contributed by atoms with E-state index >= 15 is 0 Å². The Morgan fingerprint density at radius 2 is 1.79 bits per heavy atom. The molecule has 0 spiro atoms. The molecule has 0 saturated carbocycles. The molecular weight excluding hydrogens is 398 g/mol. The van der Waals surface area contributed by atoms with Gasteiger partial charge < -0.3 is 24.3 Å². The lowest BCUT2D eigenvalue weighted by Crippen LogP contribution is -2.22. The largest absolute Gasteiger partial charge is 0.486 e. The first-order valence-corrected chi connectivity index (χ1v) is 9.86. The summed E-state index contributed by atoms with van der Waals surface area (Å²) in [6.45, 7) is 5.93. The van der Waals surface area contributed by atoms with Gasteiger partial charge in [0.1, 0.15) is 18.2 Å². The zero-order valence-corrected chi connectivity index (χ0v) is 17.1. The molecule has 0 atom stereocenters. The molecule has 1 amide bonds. The molecule has 1 N–H and O–H groups in total. The molecule has 2 aromatic rings. The minimum atomic E-state index is -0.665. The number of rotatable bonds is 6. The van der Waals surface area contributed by atoms with Crippen molar-refractivity contribution in [1.82, 2.24) is 0 Å². The van der Waals surface area contributed by atoms with Crippen LogP contribution in [0.15, 0.2) is 18.2 Å². The number of carbonyl (C=O) groups is 3. The Bertz CT molecular complexity index is 951. The van der Waals surface area contributed by atoms with Gasteiger partial charge in [-0.2, -0.15) is 0 Å². The van der Waals surface area contributed by atoms with Crippen molar-refractivity contribution < 1.29 is 33.3 Å². The van der Waals surface area contributed by atoms with E-state index in [1.165, 1.54) is 17.4 Å². The second-order valence-corrected chi connectivity index (χ2v) is 7.42. The van der Waals surface area contributed by atoms with E-state index in [2.05, 4.69) is 5.32 Å². The Balaban J connectivity index is 1.62. The van der Waals surface area contributed by atoms with Crippen molar-refractivity contribution in [3.63, 3.8) is 0 Å². The molecule has 1 aliphatic heterocycles. The summed E-state index contributed by atoms with van der Waals surface area (Å²) in [5.41, 5.74) is 1.31. The van der Waals surface area contributed by atoms with Crippen LogP contribution in [0.3, 0.4) is 0 Å². The third-order valence-corrected chi connectivity index (χ3v) is 5.35. The number of anilines is 1. The number of aryl methyl sites for hydroxylation is 1. The van der Waals surface area contributed by atoms with E-state index in [4.69, 9.17) is 18.9 Å². The molecule has 1 aromatic heterocycles. The van der Waals surface area contributed by atoms with Gasteiger partial charge in [-0.3, -0.25) is 4.79 Å². The number of nitrogens with one attached hydrogen (secondary N) is 1. The van der Waals surface area contributed by atoms with Crippen molar-refractivity contribution in [2.75, 3.05) is 31.7 Å². The molecule has 8 nitrogen and oxygen atoms in total. The maximum Gasteiger partial charge on any atom is 0.341 e. The Kier molecular flexibility index (Phi) is 6.38. The highest BCUT2D eigenvalue weighted by molar-refractivity contribution is 7.16. The highest BCUT2D eigenvalue weighted by Gasteiger charge is 2.23. The van der Waals surface area contributed by atoms with Gasteiger partial charge in [-0.15, -0.1) is 11.3 Å². The number of thiophene rings is 1. The Hall–Kier alpha value is -3.07. The van der Waals surface area contributed by atoms with Crippen LogP contribution in [-0.4, -0.2) is 44.3 Å². The van der Waals surface area contributed by atoms with Gasteiger partial charge >= 0.3 is 11.9 Å². The summed E-state index contributed by atoms with van der Waals surface area (Å²) in [6.07, 6.45) is 0. The SMILES string of the molecule is CCOC(=O)c1c(NC(=O)COC(=O)c2ccc3c(c2)OCCO3)sc(C)c1C. The van der Waals surface area contributed by atoms with Crippen LogP contribution < -0.4 is 14.8 Å². The lowest BCUT2D eigenvalue weighted by Gasteiger charge is -2.18. The highest BCUT2D eigenvalue weighted by atomic mass is 32.1. The average Bonchev–Trinajstić information content (AvgIpc) is 2.99. The summed E-state index contributed by atoms with van der Waals surface area (Å²) >= 11 is 1.27. The molecule has 0 saturated heterocycles. The van der Waals surface area contributed by atoms with E-state index in [9.17, 15) is 14.4 Å². The molecule has 1 aromatic carbocycles. The van der Waals surface area contributed by atoms with Gasteiger partial charge in [0, 0.05) is 4.88 Å². The van der Waals surface area contributed by atoms with Gasteiger partial charge in [-0.05, 0) is 44.5 Å². The van der Waals surface area contributed by atoms with Crippen LogP contribution in [0.4, 0.5) is 5.00 Å². The summed E-state index contributed by atoms with van der Waals surface area (Å²) in [4.78, 5) is 37.6. The lowest BCUT2D eigenvalue weighted by molar-refractivity contribution is -0.119. The summed E-state index contributed by atoms with van der Waals surface area (Å²) in [5, 5.41) is 3.00. The minimum Gasteiger partial charge on any atom is -0.486 e. The fraction of sp³-hybridized carbons (Fsp3) is 0.350. The normalized spacial score (nSPS) is 12.2. The Morgan fingerprint density at radius 3 is 2.52 bits per heavy atom. The van der Waals surface area contributed by atoms with Crippen LogP contribution in [0.2, 0.25) is 0 Å². The predicted molar refractivity (Wildman–Crippen MR) is 106 cm³/mol. The number of benzene rings is 1. The van der Waals surface area contributed by atoms with Crippen molar-refractivity contribution in [3.05, 3.63) is 39.8 Å². The first kappa shape index (κ1) is 20.7. The van der Waals surface area contributed by atoms with Crippen LogP contribution in [0, 0.1) is 13.8 Å². The van der Waals surface area contributed by atoms with Gasteiger partial charge in [0.15, 0.2) is 18.1 Å². The van der Waals surface area contributed by atoms with E-state index in [1.807, 2.05) is 6.92 Å². The number of esters is 2. The molecule has 0 fully saturated rings. The lowest BCUT2D eigenvalue weighted by atomic mass is 10.1. The van der Waals surface area contributed by atoms with E-state index in [0.29, 0.717) is 35.3 Å². The first-order chi connectivity index (χ1) is 13.9. The second kappa shape index (κ2) is 8.95. The summed E-state index contributed by atoms with van der Waals surface area (Å²) in [5.74, 6) is -0.707. The van der Waals surface area contributed by atoms with Crippen molar-refractivity contribution in [1.29, 1.82) is 0 Å². The van der Waals surface area contributed by atoms with Gasteiger partial charge in [-0.25, -0.2) is 9.59 Å². The molecule has 0 aliphatic carbocycles. The Labute approximate surface area is 171 Å². The maximum absolute atomic E-state index is 12.3. The maximum atomic E-state index is 12.3. The minimum absolute atomic E-state index is 0.230. The van der Waals surface area contributed by atoms with Gasteiger partial charge in [0.25, 0.3) is 5.91 Å². The quantitative estimate of drug-likeness (QED) is 0.718. The first-order valence-electron chi connectivity index (χ1n) is 9.04. The summed E-state index contributed by atoms with van der Waals surface area (Å²) in [7, 11) is 0. The van der Waals surface area contributed by atoms with Gasteiger partial charge in [0.05, 0.1) is 17.7 Å². The van der Waals surface area contributed by atoms with Crippen molar-refractivity contribution in [2.45, 2.75) is 20.8 Å². The number of hydrogen-bond acceptors (Lipinski definition) is 8. The van der Waals surface area contributed by atoms with E-state index in [0.717, 1.165) is 10.4 Å². The van der Waals surface area contributed by atoms with Crippen LogP contribution in [0.1, 0.15) is 38.1 Å². The third-order valence-electron chi connectivity index (χ3n) is 4.23. The van der Waals surface area contributed by atoms with Gasteiger partial charge in [0.2, 0.25) is 0 Å². The molecule has 2 heterocycles. The molecule has 154 valence electrons. The molecule has 9 heteroatoms. The third kappa shape index (κ3) is 4.68. The zero-order valence-electron chi connectivity index (χ0n) is 16.3. The highest BCUT2D eigenvalue weighted by Crippen LogP contribution is 2.33. The number of amides is 1.